The van der Waals surface area contributed by atoms with Crippen LogP contribution in [0.4, 0.5) is 4.79 Å². The second-order valence-corrected chi connectivity index (χ2v) is 5.25. The third-order valence-electron chi connectivity index (χ3n) is 3.69. The van der Waals surface area contributed by atoms with Crippen molar-refractivity contribution in [2.45, 2.75) is 40.0 Å². The molecule has 0 aromatic rings. The van der Waals surface area contributed by atoms with E-state index in [9.17, 15) is 9.59 Å². The summed E-state index contributed by atoms with van der Waals surface area (Å²) in [7, 11) is 0. The Labute approximate surface area is 109 Å². The fourth-order valence-corrected chi connectivity index (χ4v) is 2.24. The van der Waals surface area contributed by atoms with Gasteiger partial charge in [0.15, 0.2) is 0 Å². The second-order valence-electron chi connectivity index (χ2n) is 5.25. The number of rotatable bonds is 5. The van der Waals surface area contributed by atoms with Crippen LogP contribution in [0, 0.1) is 5.41 Å². The Morgan fingerprint density at radius 1 is 1.39 bits per heavy atom. The molecule has 1 rings (SSSR count). The van der Waals surface area contributed by atoms with Gasteiger partial charge in [-0.25, -0.2) is 4.79 Å². The van der Waals surface area contributed by atoms with Crippen molar-refractivity contribution in [1.82, 2.24) is 9.80 Å². The Balaban J connectivity index is 2.60. The highest BCUT2D eigenvalue weighted by atomic mass is 16.4. The van der Waals surface area contributed by atoms with E-state index >= 15 is 0 Å². The van der Waals surface area contributed by atoms with Crippen LogP contribution in [0.2, 0.25) is 0 Å². The molecule has 1 heterocycles. The summed E-state index contributed by atoms with van der Waals surface area (Å²) in [6.07, 6.45) is 2.58. The molecule has 1 fully saturated rings. The highest BCUT2D eigenvalue weighted by molar-refractivity contribution is 5.79. The Morgan fingerprint density at radius 3 is 2.50 bits per heavy atom. The van der Waals surface area contributed by atoms with Crippen molar-refractivity contribution >= 4 is 12.0 Å². The van der Waals surface area contributed by atoms with Crippen LogP contribution >= 0.6 is 0 Å². The van der Waals surface area contributed by atoms with Crippen LogP contribution in [0.5, 0.6) is 0 Å². The van der Waals surface area contributed by atoms with Gasteiger partial charge >= 0.3 is 12.0 Å². The summed E-state index contributed by atoms with van der Waals surface area (Å²) in [6, 6.07) is -0.0177. The smallest absolute Gasteiger partial charge is 0.320 e. The van der Waals surface area contributed by atoms with Crippen molar-refractivity contribution in [3.63, 3.8) is 0 Å². The molecule has 5 nitrogen and oxygen atoms in total. The van der Waals surface area contributed by atoms with E-state index in [4.69, 9.17) is 5.11 Å². The van der Waals surface area contributed by atoms with Crippen molar-refractivity contribution in [3.8, 4) is 0 Å². The molecule has 0 aliphatic carbocycles. The van der Waals surface area contributed by atoms with Gasteiger partial charge in [0.1, 0.15) is 0 Å². The van der Waals surface area contributed by atoms with Crippen LogP contribution in [0.15, 0.2) is 0 Å². The maximum atomic E-state index is 12.3. The molecular formula is C13H24N2O3. The monoisotopic (exact) mass is 256 g/mol. The molecule has 0 saturated carbocycles. The topological polar surface area (TPSA) is 60.9 Å². The number of unbranched alkanes of at least 4 members (excludes halogenated alkanes) is 1. The lowest BCUT2D eigenvalue weighted by Crippen LogP contribution is -2.44. The molecule has 1 saturated heterocycles. The molecule has 1 atom stereocenters. The molecule has 0 bridgehead atoms. The minimum atomic E-state index is -0.811. The SMILES string of the molecule is CCCCN(CC)C(=O)N1CCC(C)(C(=O)O)C1. The van der Waals surface area contributed by atoms with Gasteiger partial charge in [0.25, 0.3) is 0 Å². The van der Waals surface area contributed by atoms with Gasteiger partial charge in [-0.15, -0.1) is 0 Å². The normalized spacial score (nSPS) is 23.2. The summed E-state index contributed by atoms with van der Waals surface area (Å²) in [4.78, 5) is 26.9. The third kappa shape index (κ3) is 3.15. The molecule has 1 unspecified atom stereocenters. The van der Waals surface area contributed by atoms with Gasteiger partial charge in [-0.3, -0.25) is 4.79 Å². The number of carboxylic acid groups (broad SMARTS) is 1. The first kappa shape index (κ1) is 14.8. The lowest BCUT2D eigenvalue weighted by molar-refractivity contribution is -0.147. The number of aliphatic carboxylic acids is 1. The summed E-state index contributed by atoms with van der Waals surface area (Å²) in [5, 5.41) is 9.16. The van der Waals surface area contributed by atoms with Crippen LogP contribution in [-0.4, -0.2) is 53.1 Å². The average Bonchev–Trinajstić information content (AvgIpc) is 2.74. The van der Waals surface area contributed by atoms with Crippen molar-refractivity contribution in [2.75, 3.05) is 26.2 Å². The van der Waals surface area contributed by atoms with Crippen LogP contribution in [0.3, 0.4) is 0 Å². The minimum Gasteiger partial charge on any atom is -0.481 e. The lowest BCUT2D eigenvalue weighted by atomic mass is 9.90. The predicted molar refractivity (Wildman–Crippen MR) is 69.5 cm³/mol. The van der Waals surface area contributed by atoms with Gasteiger partial charge in [0.2, 0.25) is 0 Å². The predicted octanol–water partition coefficient (Wildman–Crippen LogP) is 2.03. The number of carbonyl (C=O) groups excluding carboxylic acids is 1. The minimum absolute atomic E-state index is 0.0177. The first-order chi connectivity index (χ1) is 8.44. The number of likely N-dealkylation sites (tertiary alicyclic amines) is 1. The molecule has 1 N–H and O–H groups in total. The molecule has 1 aliphatic rings. The summed E-state index contributed by atoms with van der Waals surface area (Å²) in [6.45, 7) is 8.07. The van der Waals surface area contributed by atoms with Gasteiger partial charge in [-0.2, -0.15) is 0 Å². The molecule has 0 aromatic heterocycles. The van der Waals surface area contributed by atoms with Gasteiger partial charge in [0.05, 0.1) is 5.41 Å². The van der Waals surface area contributed by atoms with Crippen LogP contribution in [-0.2, 0) is 4.79 Å². The Morgan fingerprint density at radius 2 is 2.06 bits per heavy atom. The molecule has 0 aromatic carbocycles. The van der Waals surface area contributed by atoms with E-state index in [1.54, 1.807) is 16.7 Å². The molecule has 1 aliphatic heterocycles. The van der Waals surface area contributed by atoms with Crippen molar-refractivity contribution in [1.29, 1.82) is 0 Å². The average molecular weight is 256 g/mol. The number of amides is 2. The largest absolute Gasteiger partial charge is 0.481 e. The zero-order valence-corrected chi connectivity index (χ0v) is 11.6. The van der Waals surface area contributed by atoms with E-state index in [0.29, 0.717) is 26.1 Å². The van der Waals surface area contributed by atoms with Crippen molar-refractivity contribution < 1.29 is 14.7 Å². The lowest BCUT2D eigenvalue weighted by Gasteiger charge is -2.28. The quantitative estimate of drug-likeness (QED) is 0.818. The maximum Gasteiger partial charge on any atom is 0.320 e. The Kier molecular flexibility index (Phi) is 4.99. The zero-order valence-electron chi connectivity index (χ0n) is 11.6. The van der Waals surface area contributed by atoms with E-state index in [0.717, 1.165) is 19.4 Å². The number of hydrogen-bond donors (Lipinski definition) is 1. The first-order valence-corrected chi connectivity index (χ1v) is 6.72. The van der Waals surface area contributed by atoms with Crippen LogP contribution < -0.4 is 0 Å². The third-order valence-corrected chi connectivity index (χ3v) is 3.69. The summed E-state index contributed by atoms with van der Waals surface area (Å²) in [5.41, 5.74) is -0.778. The maximum absolute atomic E-state index is 12.3. The van der Waals surface area contributed by atoms with E-state index < -0.39 is 11.4 Å². The number of urea groups is 1. The summed E-state index contributed by atoms with van der Waals surface area (Å²) >= 11 is 0. The standard InChI is InChI=1S/C13H24N2O3/c1-4-6-8-14(5-2)12(18)15-9-7-13(3,10-15)11(16)17/h4-10H2,1-3H3,(H,16,17). The zero-order chi connectivity index (χ0) is 13.8. The molecule has 104 valence electrons. The fourth-order valence-electron chi connectivity index (χ4n) is 2.24. The number of carbonyl (C=O) groups is 2. The highest BCUT2D eigenvalue weighted by Crippen LogP contribution is 2.30. The summed E-state index contributed by atoms with van der Waals surface area (Å²) < 4.78 is 0. The van der Waals surface area contributed by atoms with Gasteiger partial charge in [-0.1, -0.05) is 13.3 Å². The first-order valence-electron chi connectivity index (χ1n) is 6.72. The molecular weight excluding hydrogens is 232 g/mol. The van der Waals surface area contributed by atoms with Gasteiger partial charge in [-0.05, 0) is 26.7 Å². The molecule has 2 amide bonds. The van der Waals surface area contributed by atoms with E-state index in [1.807, 2.05) is 6.92 Å². The van der Waals surface area contributed by atoms with E-state index in [-0.39, 0.29) is 6.03 Å². The molecule has 5 heteroatoms. The summed E-state index contributed by atoms with van der Waals surface area (Å²) in [5.74, 6) is -0.811. The van der Waals surface area contributed by atoms with E-state index in [1.165, 1.54) is 0 Å². The molecule has 0 radical (unpaired) electrons. The van der Waals surface area contributed by atoms with Crippen LogP contribution in [0.1, 0.15) is 40.0 Å². The number of nitrogens with zero attached hydrogens (tertiary/aromatic N) is 2. The molecule has 18 heavy (non-hydrogen) atoms. The van der Waals surface area contributed by atoms with Gasteiger partial charge < -0.3 is 14.9 Å². The number of carboxylic acids is 1. The van der Waals surface area contributed by atoms with Crippen LogP contribution in [0.25, 0.3) is 0 Å². The Bertz CT molecular complexity index is 319. The Hall–Kier alpha value is -1.26. The number of hydrogen-bond acceptors (Lipinski definition) is 2. The fraction of sp³-hybridized carbons (Fsp3) is 0.846. The van der Waals surface area contributed by atoms with Crippen molar-refractivity contribution in [2.24, 2.45) is 5.41 Å². The highest BCUT2D eigenvalue weighted by Gasteiger charge is 2.42. The van der Waals surface area contributed by atoms with Gasteiger partial charge in [0, 0.05) is 26.2 Å². The second kappa shape index (κ2) is 6.07. The molecule has 0 spiro atoms. The van der Waals surface area contributed by atoms with Crippen molar-refractivity contribution in [3.05, 3.63) is 0 Å². The van der Waals surface area contributed by atoms with E-state index in [2.05, 4.69) is 6.92 Å².